The smallest absolute Gasteiger partial charge is 0.301 e. The average Bonchev–Trinajstić information content (AvgIpc) is 3.32. The van der Waals surface area contributed by atoms with Crippen LogP contribution in [-0.2, 0) is 9.59 Å². The minimum absolute atomic E-state index is 0.0378. The fourth-order valence-corrected chi connectivity index (χ4v) is 5.01. The van der Waals surface area contributed by atoms with Gasteiger partial charge in [-0.3, -0.25) is 14.5 Å². The Kier molecular flexibility index (Phi) is 4.92. The van der Waals surface area contributed by atoms with Crippen LogP contribution in [0.5, 0.6) is 5.75 Å². The van der Waals surface area contributed by atoms with Crippen LogP contribution < -0.4 is 4.90 Å². The number of rotatable bonds is 3. The lowest BCUT2D eigenvalue weighted by atomic mass is 9.95. The highest BCUT2D eigenvalue weighted by Crippen LogP contribution is 2.44. The van der Waals surface area contributed by atoms with E-state index in [1.165, 1.54) is 28.4 Å². The fraction of sp³-hybridized carbons (Fsp3) is 0.0417. The summed E-state index contributed by atoms with van der Waals surface area (Å²) in [6, 6.07) is 19.0. The van der Waals surface area contributed by atoms with E-state index in [-0.39, 0.29) is 17.1 Å². The second-order valence-electron chi connectivity index (χ2n) is 7.24. The molecule has 32 heavy (non-hydrogen) atoms. The van der Waals surface area contributed by atoms with E-state index in [9.17, 15) is 19.8 Å². The molecular weight excluding hydrogens is 448 g/mol. The highest BCUT2D eigenvalue weighted by Gasteiger charge is 2.48. The summed E-state index contributed by atoms with van der Waals surface area (Å²) in [6.45, 7) is 0. The maximum absolute atomic E-state index is 13.2. The Hall–Kier alpha value is -3.68. The van der Waals surface area contributed by atoms with E-state index in [0.717, 1.165) is 4.70 Å². The number of aliphatic hydroxyl groups excluding tert-OH is 1. The van der Waals surface area contributed by atoms with Crippen LogP contribution in [0.4, 0.5) is 5.13 Å². The first kappa shape index (κ1) is 20.2. The van der Waals surface area contributed by atoms with Gasteiger partial charge in [-0.15, -0.1) is 0 Å². The molecule has 0 aliphatic carbocycles. The first-order valence-corrected chi connectivity index (χ1v) is 10.8. The molecular formula is C24H15ClN2O4S. The van der Waals surface area contributed by atoms with Gasteiger partial charge in [-0.1, -0.05) is 65.4 Å². The van der Waals surface area contributed by atoms with Gasteiger partial charge in [0.25, 0.3) is 5.78 Å². The van der Waals surface area contributed by atoms with Crippen LogP contribution in [0.25, 0.3) is 16.0 Å². The minimum atomic E-state index is -0.910. The van der Waals surface area contributed by atoms with Gasteiger partial charge in [0.1, 0.15) is 11.5 Å². The summed E-state index contributed by atoms with van der Waals surface area (Å²) in [5.41, 5.74) is 1.58. The molecule has 1 amide bonds. The Morgan fingerprint density at radius 2 is 1.72 bits per heavy atom. The number of thiazole rings is 1. The second kappa shape index (κ2) is 7.78. The first-order chi connectivity index (χ1) is 15.4. The van der Waals surface area contributed by atoms with E-state index in [2.05, 4.69) is 4.98 Å². The summed E-state index contributed by atoms with van der Waals surface area (Å²) in [5.74, 6) is -1.82. The summed E-state index contributed by atoms with van der Waals surface area (Å²) in [4.78, 5) is 32.1. The zero-order chi connectivity index (χ0) is 22.4. The van der Waals surface area contributed by atoms with Crippen LogP contribution in [0.2, 0.25) is 5.02 Å². The number of amides is 1. The molecule has 3 aromatic carbocycles. The number of aromatic hydroxyl groups is 1. The summed E-state index contributed by atoms with van der Waals surface area (Å²) in [6.07, 6.45) is 0. The molecule has 1 unspecified atom stereocenters. The lowest BCUT2D eigenvalue weighted by Crippen LogP contribution is -2.29. The van der Waals surface area contributed by atoms with Crippen molar-refractivity contribution in [3.8, 4) is 5.75 Å². The third kappa shape index (κ3) is 3.32. The van der Waals surface area contributed by atoms with E-state index in [1.807, 2.05) is 0 Å². The number of phenols is 1. The maximum atomic E-state index is 13.2. The molecule has 158 valence electrons. The van der Waals surface area contributed by atoms with Gasteiger partial charge in [0.2, 0.25) is 0 Å². The first-order valence-electron chi connectivity index (χ1n) is 9.65. The standard InChI is InChI=1S/C24H15ClN2O4S/c25-15-8-11-17-18(12-15)32-24(26-17)27-20(13-6-9-16(28)10-7-13)19(22(30)23(27)31)21(29)14-4-2-1-3-5-14/h1-12,20,28-29H/b21-19+. The third-order valence-corrected chi connectivity index (χ3v) is 6.50. The zero-order valence-corrected chi connectivity index (χ0v) is 18.0. The van der Waals surface area contributed by atoms with Gasteiger partial charge in [0.15, 0.2) is 5.13 Å². The van der Waals surface area contributed by atoms with Crippen molar-refractivity contribution in [1.82, 2.24) is 4.98 Å². The normalized spacial score (nSPS) is 17.9. The molecule has 1 saturated heterocycles. The van der Waals surface area contributed by atoms with Crippen molar-refractivity contribution in [3.63, 3.8) is 0 Å². The summed E-state index contributed by atoms with van der Waals surface area (Å²) in [5, 5.41) is 21.6. The molecule has 2 N–H and O–H groups in total. The van der Waals surface area contributed by atoms with Gasteiger partial charge < -0.3 is 10.2 Å². The van der Waals surface area contributed by atoms with Crippen LogP contribution >= 0.6 is 22.9 Å². The number of anilines is 1. The van der Waals surface area contributed by atoms with Crippen molar-refractivity contribution in [2.45, 2.75) is 6.04 Å². The number of carbonyl (C=O) groups excluding carboxylic acids is 2. The van der Waals surface area contributed by atoms with Gasteiger partial charge in [-0.05, 0) is 35.9 Å². The topological polar surface area (TPSA) is 90.7 Å². The highest BCUT2D eigenvalue weighted by molar-refractivity contribution is 7.22. The number of carbonyl (C=O) groups is 2. The van der Waals surface area contributed by atoms with E-state index >= 15 is 0 Å². The van der Waals surface area contributed by atoms with Gasteiger partial charge in [0, 0.05) is 10.6 Å². The molecule has 6 nitrogen and oxygen atoms in total. The quantitative estimate of drug-likeness (QED) is 0.245. The Bertz CT molecular complexity index is 1400. The number of nitrogens with zero attached hydrogens (tertiary/aromatic N) is 2. The molecule has 4 aromatic rings. The van der Waals surface area contributed by atoms with Crippen LogP contribution in [0.3, 0.4) is 0 Å². The van der Waals surface area contributed by atoms with Gasteiger partial charge >= 0.3 is 5.91 Å². The summed E-state index contributed by atoms with van der Waals surface area (Å²) >= 11 is 7.32. The molecule has 2 heterocycles. The summed E-state index contributed by atoms with van der Waals surface area (Å²) in [7, 11) is 0. The highest BCUT2D eigenvalue weighted by atomic mass is 35.5. The number of halogens is 1. The zero-order valence-electron chi connectivity index (χ0n) is 16.4. The molecule has 0 radical (unpaired) electrons. The maximum Gasteiger partial charge on any atom is 0.301 e. The predicted molar refractivity (Wildman–Crippen MR) is 124 cm³/mol. The minimum Gasteiger partial charge on any atom is -0.508 e. The van der Waals surface area contributed by atoms with Crippen LogP contribution in [0, 0.1) is 0 Å². The number of aliphatic hydroxyl groups is 1. The third-order valence-electron chi connectivity index (χ3n) is 5.25. The number of fused-ring (bicyclic) bond motifs is 1. The SMILES string of the molecule is O=C1C(=O)N(c2nc3ccc(Cl)cc3s2)C(c2ccc(O)cc2)/C1=C(\O)c1ccccc1. The number of ketones is 1. The molecule has 0 spiro atoms. The average molecular weight is 463 g/mol. The van der Waals surface area contributed by atoms with E-state index < -0.39 is 17.7 Å². The molecule has 1 atom stereocenters. The van der Waals surface area contributed by atoms with Crippen LogP contribution in [-0.4, -0.2) is 26.9 Å². The molecule has 1 fully saturated rings. The molecule has 5 rings (SSSR count). The number of Topliss-reactive ketones (excluding diaryl/α,β-unsaturated/α-hetero) is 1. The molecule has 1 aliphatic heterocycles. The lowest BCUT2D eigenvalue weighted by Gasteiger charge is -2.23. The van der Waals surface area contributed by atoms with Crippen molar-refractivity contribution in [2.24, 2.45) is 0 Å². The molecule has 1 aromatic heterocycles. The van der Waals surface area contributed by atoms with Crippen molar-refractivity contribution >= 4 is 55.7 Å². The number of aromatic nitrogens is 1. The molecule has 0 bridgehead atoms. The van der Waals surface area contributed by atoms with E-state index in [4.69, 9.17) is 11.6 Å². The fourth-order valence-electron chi connectivity index (χ4n) is 3.74. The largest absolute Gasteiger partial charge is 0.508 e. The van der Waals surface area contributed by atoms with Crippen molar-refractivity contribution in [2.75, 3.05) is 4.90 Å². The van der Waals surface area contributed by atoms with Gasteiger partial charge in [-0.25, -0.2) is 4.98 Å². The Morgan fingerprint density at radius 1 is 1.00 bits per heavy atom. The Labute approximate surface area is 191 Å². The van der Waals surface area contributed by atoms with E-state index in [0.29, 0.717) is 26.8 Å². The number of benzene rings is 3. The summed E-state index contributed by atoms with van der Waals surface area (Å²) < 4.78 is 0.766. The monoisotopic (exact) mass is 462 g/mol. The molecule has 0 saturated carbocycles. The molecule has 1 aliphatic rings. The van der Waals surface area contributed by atoms with E-state index in [1.54, 1.807) is 60.7 Å². The van der Waals surface area contributed by atoms with Crippen LogP contribution in [0.1, 0.15) is 17.2 Å². The Balaban J connectivity index is 1.73. The second-order valence-corrected chi connectivity index (χ2v) is 8.68. The van der Waals surface area contributed by atoms with Crippen molar-refractivity contribution < 1.29 is 19.8 Å². The lowest BCUT2D eigenvalue weighted by molar-refractivity contribution is -0.132. The Morgan fingerprint density at radius 3 is 2.44 bits per heavy atom. The number of hydrogen-bond donors (Lipinski definition) is 2. The van der Waals surface area contributed by atoms with Crippen molar-refractivity contribution in [1.29, 1.82) is 0 Å². The van der Waals surface area contributed by atoms with Crippen molar-refractivity contribution in [3.05, 3.63) is 94.5 Å². The number of phenolic OH excluding ortho intramolecular Hbond substituents is 1. The molecule has 8 heteroatoms. The van der Waals surface area contributed by atoms with Gasteiger partial charge in [0.05, 0.1) is 21.8 Å². The predicted octanol–water partition coefficient (Wildman–Crippen LogP) is 5.28. The van der Waals surface area contributed by atoms with Crippen LogP contribution in [0.15, 0.2) is 78.4 Å². The van der Waals surface area contributed by atoms with Gasteiger partial charge in [-0.2, -0.15) is 0 Å². The number of hydrogen-bond acceptors (Lipinski definition) is 6.